The van der Waals surface area contributed by atoms with Crippen molar-refractivity contribution >= 4 is 23.2 Å². The predicted molar refractivity (Wildman–Crippen MR) is 160 cm³/mol. The number of likely N-dealkylation sites (tertiary alicyclic amines) is 1. The van der Waals surface area contributed by atoms with Crippen LogP contribution in [0.3, 0.4) is 0 Å². The topological polar surface area (TPSA) is 93.7 Å². The molecule has 0 radical (unpaired) electrons. The van der Waals surface area contributed by atoms with Gasteiger partial charge in [0.25, 0.3) is 11.8 Å². The fraction of sp³-hybridized carbons (Fsp3) is 0.452. The lowest BCUT2D eigenvalue weighted by Crippen LogP contribution is -2.48. The van der Waals surface area contributed by atoms with Crippen LogP contribution in [0.1, 0.15) is 50.2 Å². The third-order valence-electron chi connectivity index (χ3n) is 8.03. The van der Waals surface area contributed by atoms with E-state index < -0.39 is 0 Å². The van der Waals surface area contributed by atoms with Gasteiger partial charge in [0, 0.05) is 57.1 Å². The molecule has 2 saturated heterocycles. The van der Waals surface area contributed by atoms with Crippen molar-refractivity contribution in [3.8, 4) is 23.0 Å². The third-order valence-corrected chi connectivity index (χ3v) is 9.04. The van der Waals surface area contributed by atoms with Gasteiger partial charge < -0.3 is 28.7 Å². The maximum absolute atomic E-state index is 13.4. The summed E-state index contributed by atoms with van der Waals surface area (Å²) >= 11 is 1.54. The van der Waals surface area contributed by atoms with Crippen LogP contribution >= 0.6 is 11.3 Å². The Hall–Kier alpha value is -3.83. The summed E-state index contributed by atoms with van der Waals surface area (Å²) in [4.78, 5) is 37.5. The fourth-order valence-electron chi connectivity index (χ4n) is 5.60. The van der Waals surface area contributed by atoms with Gasteiger partial charge in [-0.15, -0.1) is 11.3 Å². The second kappa shape index (κ2) is 13.4. The first-order chi connectivity index (χ1) is 20.4. The molecule has 42 heavy (non-hydrogen) atoms. The molecule has 0 aliphatic carbocycles. The summed E-state index contributed by atoms with van der Waals surface area (Å²) < 4.78 is 21.6. The highest BCUT2D eigenvalue weighted by atomic mass is 32.1. The van der Waals surface area contributed by atoms with E-state index in [9.17, 15) is 9.59 Å². The molecule has 2 aliphatic rings. The molecule has 2 fully saturated rings. The van der Waals surface area contributed by atoms with Crippen molar-refractivity contribution in [3.63, 3.8) is 0 Å². The average Bonchev–Trinajstić information content (AvgIpc) is 3.54. The second-order valence-corrected chi connectivity index (χ2v) is 11.3. The van der Waals surface area contributed by atoms with Gasteiger partial charge >= 0.3 is 0 Å². The van der Waals surface area contributed by atoms with Crippen LogP contribution < -0.4 is 18.9 Å². The Kier molecular flexibility index (Phi) is 9.48. The van der Waals surface area contributed by atoms with E-state index in [1.165, 1.54) is 19.8 Å². The summed E-state index contributed by atoms with van der Waals surface area (Å²) in [7, 11) is 6.26. The maximum atomic E-state index is 13.4. The first kappa shape index (κ1) is 29.7. The molecule has 0 saturated carbocycles. The van der Waals surface area contributed by atoms with E-state index in [4.69, 9.17) is 23.9 Å². The first-order valence-electron chi connectivity index (χ1n) is 14.1. The molecule has 0 spiro atoms. The van der Waals surface area contributed by atoms with E-state index in [-0.39, 0.29) is 17.7 Å². The number of piperidine rings is 1. The molecule has 0 bridgehead atoms. The SMILES string of the molecule is COc1ccc(CN2CCN(C(=O)c3csc(C4CCN(C(=O)c5ccc(OC)c(OC)c5OC)CC4)n3)CC2)cc1. The van der Waals surface area contributed by atoms with Crippen molar-refractivity contribution in [2.24, 2.45) is 0 Å². The van der Waals surface area contributed by atoms with Crippen LogP contribution in [0, 0.1) is 0 Å². The number of piperazine rings is 1. The lowest BCUT2D eigenvalue weighted by atomic mass is 9.96. The molecule has 224 valence electrons. The molecular formula is C31H38N4O6S. The summed E-state index contributed by atoms with van der Waals surface area (Å²) in [6, 6.07) is 11.6. The van der Waals surface area contributed by atoms with Gasteiger partial charge in [-0.05, 0) is 42.7 Å². The van der Waals surface area contributed by atoms with Gasteiger partial charge in [0.15, 0.2) is 11.5 Å². The van der Waals surface area contributed by atoms with Crippen LogP contribution in [0.15, 0.2) is 41.8 Å². The number of rotatable bonds is 9. The Labute approximate surface area is 250 Å². The third kappa shape index (κ3) is 6.32. The van der Waals surface area contributed by atoms with Crippen molar-refractivity contribution in [1.29, 1.82) is 0 Å². The number of hydrogen-bond donors (Lipinski definition) is 0. The van der Waals surface area contributed by atoms with Crippen LogP contribution in [0.4, 0.5) is 0 Å². The molecule has 10 nitrogen and oxygen atoms in total. The second-order valence-electron chi connectivity index (χ2n) is 10.4. The zero-order valence-electron chi connectivity index (χ0n) is 24.6. The van der Waals surface area contributed by atoms with Crippen molar-refractivity contribution in [2.45, 2.75) is 25.3 Å². The minimum atomic E-state index is -0.104. The van der Waals surface area contributed by atoms with E-state index in [1.54, 1.807) is 37.7 Å². The summed E-state index contributed by atoms with van der Waals surface area (Å²) in [6.45, 7) is 5.06. The Morgan fingerprint density at radius 2 is 1.45 bits per heavy atom. The summed E-state index contributed by atoms with van der Waals surface area (Å²) in [5.41, 5.74) is 2.20. The van der Waals surface area contributed by atoms with Gasteiger partial charge in [-0.25, -0.2) is 4.98 Å². The van der Waals surface area contributed by atoms with Gasteiger partial charge in [0.2, 0.25) is 5.75 Å². The number of ether oxygens (including phenoxy) is 4. The molecule has 0 atom stereocenters. The molecule has 3 heterocycles. The van der Waals surface area contributed by atoms with Crippen LogP contribution in [-0.2, 0) is 6.54 Å². The van der Waals surface area contributed by atoms with Crippen LogP contribution in [0.5, 0.6) is 23.0 Å². The molecule has 0 N–H and O–H groups in total. The van der Waals surface area contributed by atoms with Crippen molar-refractivity contribution in [1.82, 2.24) is 19.7 Å². The number of benzene rings is 2. The zero-order valence-corrected chi connectivity index (χ0v) is 25.4. The number of hydrogen-bond acceptors (Lipinski definition) is 9. The molecule has 0 unspecified atom stereocenters. The lowest BCUT2D eigenvalue weighted by Gasteiger charge is -2.34. The minimum Gasteiger partial charge on any atom is -0.497 e. The molecule has 2 aromatic carbocycles. The van der Waals surface area contributed by atoms with Crippen LogP contribution in [0.25, 0.3) is 0 Å². The van der Waals surface area contributed by atoms with Crippen molar-refractivity contribution in [3.05, 3.63) is 63.6 Å². The number of carbonyl (C=O) groups excluding carboxylic acids is 2. The molecule has 1 aromatic heterocycles. The molecule has 2 aliphatic heterocycles. The number of carbonyl (C=O) groups is 2. The summed E-state index contributed by atoms with van der Waals surface area (Å²) in [6.07, 6.45) is 1.57. The van der Waals surface area contributed by atoms with Gasteiger partial charge in [0.1, 0.15) is 11.4 Å². The Balaban J connectivity index is 1.13. The highest BCUT2D eigenvalue weighted by molar-refractivity contribution is 7.09. The largest absolute Gasteiger partial charge is 0.497 e. The maximum Gasteiger partial charge on any atom is 0.273 e. The minimum absolute atomic E-state index is 0.00485. The van der Waals surface area contributed by atoms with Gasteiger partial charge in [-0.3, -0.25) is 14.5 Å². The number of aromatic nitrogens is 1. The summed E-state index contributed by atoms with van der Waals surface area (Å²) in [5, 5.41) is 2.85. The van der Waals surface area contributed by atoms with E-state index in [2.05, 4.69) is 17.0 Å². The number of amides is 2. The number of thiazole rings is 1. The van der Waals surface area contributed by atoms with E-state index >= 15 is 0 Å². The molecule has 11 heteroatoms. The Morgan fingerprint density at radius 1 is 0.786 bits per heavy atom. The predicted octanol–water partition coefficient (Wildman–Crippen LogP) is 4.16. The highest BCUT2D eigenvalue weighted by Crippen LogP contribution is 2.41. The zero-order chi connectivity index (χ0) is 29.6. The number of methoxy groups -OCH3 is 4. The van der Waals surface area contributed by atoms with Crippen LogP contribution in [-0.4, -0.2) is 99.2 Å². The normalized spacial score (nSPS) is 16.3. The quantitative estimate of drug-likeness (QED) is 0.365. The van der Waals surface area contributed by atoms with E-state index in [0.717, 1.165) is 43.2 Å². The van der Waals surface area contributed by atoms with E-state index in [0.29, 0.717) is 54.7 Å². The Bertz CT molecular complexity index is 1380. The monoisotopic (exact) mass is 594 g/mol. The molecule has 5 rings (SSSR count). The van der Waals surface area contributed by atoms with Crippen molar-refractivity contribution in [2.75, 3.05) is 67.7 Å². The fourth-order valence-corrected chi connectivity index (χ4v) is 6.57. The highest BCUT2D eigenvalue weighted by Gasteiger charge is 2.31. The van der Waals surface area contributed by atoms with E-state index in [1.807, 2.05) is 27.3 Å². The van der Waals surface area contributed by atoms with Crippen LogP contribution in [0.2, 0.25) is 0 Å². The Morgan fingerprint density at radius 3 is 2.07 bits per heavy atom. The molecule has 3 aromatic rings. The molecule has 2 amide bonds. The van der Waals surface area contributed by atoms with Crippen molar-refractivity contribution < 1.29 is 28.5 Å². The smallest absolute Gasteiger partial charge is 0.273 e. The lowest BCUT2D eigenvalue weighted by molar-refractivity contribution is 0.0623. The number of nitrogens with zero attached hydrogens (tertiary/aromatic N) is 4. The van der Waals surface area contributed by atoms with Gasteiger partial charge in [-0.1, -0.05) is 12.1 Å². The average molecular weight is 595 g/mol. The summed E-state index contributed by atoms with van der Waals surface area (Å²) in [5.74, 6) is 2.24. The van der Waals surface area contributed by atoms with Gasteiger partial charge in [0.05, 0.1) is 39.0 Å². The first-order valence-corrected chi connectivity index (χ1v) is 15.0. The molecular weight excluding hydrogens is 556 g/mol. The standard InChI is InChI=1S/C31H38N4O6S/c1-38-23-7-5-21(6-8-23)19-33-15-17-35(18-16-33)31(37)25-20-42-29(32-25)22-11-13-34(14-12-22)30(36)24-9-10-26(39-2)28(41-4)27(24)40-3/h5-10,20,22H,11-19H2,1-4H3. The van der Waals surface area contributed by atoms with Gasteiger partial charge in [-0.2, -0.15) is 0 Å².